The third-order valence-electron chi connectivity index (χ3n) is 5.68. The molecule has 5 rings (SSSR count). The number of hydrogen-bond acceptors (Lipinski definition) is 8. The zero-order valence-electron chi connectivity index (χ0n) is 19.3. The molecular formula is C25H22BrN3O5S. The number of aromatic nitrogens is 2. The normalized spacial score (nSPS) is 15.0. The van der Waals surface area contributed by atoms with Crippen molar-refractivity contribution in [2.75, 3.05) is 18.1 Å². The number of anilines is 1. The smallest absolute Gasteiger partial charge is 0.297 e. The number of carbonyl (C=O) groups excluding carboxylic acids is 1. The summed E-state index contributed by atoms with van der Waals surface area (Å²) in [5.41, 5.74) is 1.02. The van der Waals surface area contributed by atoms with E-state index in [1.165, 1.54) is 16.2 Å². The maximum absolute atomic E-state index is 13.8. The van der Waals surface area contributed by atoms with Crippen LogP contribution in [0.4, 0.5) is 5.13 Å². The molecule has 0 bridgehead atoms. The molecule has 1 aliphatic heterocycles. The molecular weight excluding hydrogens is 534 g/mol. The number of rotatable bonds is 7. The number of fused-ring (bicyclic) bond motifs is 2. The molecule has 0 spiro atoms. The van der Waals surface area contributed by atoms with Crippen LogP contribution in [0.1, 0.15) is 53.5 Å². The average Bonchev–Trinajstić information content (AvgIpc) is 3.44. The van der Waals surface area contributed by atoms with E-state index in [-0.39, 0.29) is 16.8 Å². The molecule has 3 heterocycles. The average molecular weight is 556 g/mol. The maximum atomic E-state index is 13.8. The van der Waals surface area contributed by atoms with Crippen LogP contribution >= 0.6 is 27.3 Å². The van der Waals surface area contributed by atoms with Crippen LogP contribution in [0.5, 0.6) is 11.5 Å². The SMILES string of the molecule is CCOc1ccc(C2c3c(oc4ccc(Br)cc4c3=O)C(=O)N2c2nnc(CC)s2)cc1OCC. The predicted molar refractivity (Wildman–Crippen MR) is 137 cm³/mol. The Hall–Kier alpha value is -3.24. The molecule has 0 radical (unpaired) electrons. The molecule has 8 nitrogen and oxygen atoms in total. The molecule has 1 unspecified atom stereocenters. The van der Waals surface area contributed by atoms with Gasteiger partial charge in [-0.3, -0.25) is 14.5 Å². The Morgan fingerprint density at radius 3 is 2.51 bits per heavy atom. The van der Waals surface area contributed by atoms with Gasteiger partial charge < -0.3 is 13.9 Å². The van der Waals surface area contributed by atoms with E-state index in [0.29, 0.717) is 52.8 Å². The standard InChI is InChI=1S/C25H22BrN3O5S/c1-4-19-27-28-25(35-19)29-21(13-7-9-17(32-5-2)18(11-13)33-6-3)20-22(30)15-12-14(26)8-10-16(15)34-23(20)24(29)31/h7-12,21H,4-6H2,1-3H3. The van der Waals surface area contributed by atoms with E-state index in [4.69, 9.17) is 13.9 Å². The molecule has 2 aromatic carbocycles. The molecule has 0 saturated heterocycles. The van der Waals surface area contributed by atoms with Gasteiger partial charge in [-0.15, -0.1) is 10.2 Å². The Morgan fingerprint density at radius 1 is 1.03 bits per heavy atom. The van der Waals surface area contributed by atoms with Crippen LogP contribution in [-0.2, 0) is 6.42 Å². The van der Waals surface area contributed by atoms with Crippen molar-refractivity contribution in [3.8, 4) is 11.5 Å². The first-order valence-corrected chi connectivity index (χ1v) is 12.9. The quantitative estimate of drug-likeness (QED) is 0.296. The van der Waals surface area contributed by atoms with Crippen molar-refractivity contribution in [2.24, 2.45) is 0 Å². The van der Waals surface area contributed by atoms with Crippen LogP contribution < -0.4 is 19.8 Å². The summed E-state index contributed by atoms with van der Waals surface area (Å²) in [6.07, 6.45) is 0.684. The first-order valence-electron chi connectivity index (χ1n) is 11.3. The van der Waals surface area contributed by atoms with E-state index in [9.17, 15) is 9.59 Å². The number of ether oxygens (including phenoxy) is 2. The van der Waals surface area contributed by atoms with Gasteiger partial charge in [-0.2, -0.15) is 0 Å². The van der Waals surface area contributed by atoms with Crippen molar-refractivity contribution in [1.29, 1.82) is 0 Å². The third kappa shape index (κ3) is 4.00. The minimum atomic E-state index is -0.760. The molecule has 0 saturated carbocycles. The van der Waals surface area contributed by atoms with Gasteiger partial charge in [0.05, 0.1) is 30.2 Å². The highest BCUT2D eigenvalue weighted by Gasteiger charge is 2.45. The molecule has 180 valence electrons. The largest absolute Gasteiger partial charge is 0.490 e. The van der Waals surface area contributed by atoms with Crippen molar-refractivity contribution in [3.05, 3.63) is 73.0 Å². The highest BCUT2D eigenvalue weighted by molar-refractivity contribution is 9.10. The Balaban J connectivity index is 1.77. The van der Waals surface area contributed by atoms with Crippen LogP contribution in [0.2, 0.25) is 0 Å². The fourth-order valence-electron chi connectivity index (χ4n) is 4.18. The Morgan fingerprint density at radius 2 is 1.80 bits per heavy atom. The molecule has 1 aliphatic rings. The summed E-state index contributed by atoms with van der Waals surface area (Å²) < 4.78 is 18.3. The van der Waals surface area contributed by atoms with Crippen LogP contribution in [0.25, 0.3) is 11.0 Å². The lowest BCUT2D eigenvalue weighted by atomic mass is 9.98. The van der Waals surface area contributed by atoms with Crippen LogP contribution in [0, 0.1) is 0 Å². The zero-order chi connectivity index (χ0) is 24.7. The molecule has 0 fully saturated rings. The highest BCUT2D eigenvalue weighted by Crippen LogP contribution is 2.44. The van der Waals surface area contributed by atoms with E-state index < -0.39 is 11.9 Å². The van der Waals surface area contributed by atoms with Crippen LogP contribution in [0.3, 0.4) is 0 Å². The van der Waals surface area contributed by atoms with Gasteiger partial charge in [0.15, 0.2) is 16.9 Å². The Bertz CT molecular complexity index is 1500. The van der Waals surface area contributed by atoms with Crippen molar-refractivity contribution in [1.82, 2.24) is 10.2 Å². The summed E-state index contributed by atoms with van der Waals surface area (Å²) in [6.45, 7) is 6.66. The van der Waals surface area contributed by atoms with Crippen LogP contribution in [-0.4, -0.2) is 29.3 Å². The summed E-state index contributed by atoms with van der Waals surface area (Å²) in [4.78, 5) is 29.0. The van der Waals surface area contributed by atoms with Crippen molar-refractivity contribution >= 4 is 49.3 Å². The Kier molecular flexibility index (Phi) is 6.33. The zero-order valence-corrected chi connectivity index (χ0v) is 21.7. The summed E-state index contributed by atoms with van der Waals surface area (Å²) >= 11 is 4.74. The van der Waals surface area contributed by atoms with Gasteiger partial charge in [0.25, 0.3) is 5.91 Å². The van der Waals surface area contributed by atoms with E-state index in [1.54, 1.807) is 30.3 Å². The summed E-state index contributed by atoms with van der Waals surface area (Å²) in [7, 11) is 0. The van der Waals surface area contributed by atoms with E-state index >= 15 is 0 Å². The van der Waals surface area contributed by atoms with Gasteiger partial charge in [-0.1, -0.05) is 40.3 Å². The number of halogens is 1. The second-order valence-corrected chi connectivity index (χ2v) is 9.75. The third-order valence-corrected chi connectivity index (χ3v) is 7.24. The van der Waals surface area contributed by atoms with Gasteiger partial charge in [0.2, 0.25) is 10.9 Å². The van der Waals surface area contributed by atoms with Gasteiger partial charge in [-0.25, -0.2) is 0 Å². The molecule has 0 N–H and O–H groups in total. The first-order chi connectivity index (χ1) is 17.0. The molecule has 0 aliphatic carbocycles. The molecule has 1 atom stereocenters. The highest BCUT2D eigenvalue weighted by atomic mass is 79.9. The van der Waals surface area contributed by atoms with E-state index in [0.717, 1.165) is 9.48 Å². The fraction of sp³-hybridized carbons (Fsp3) is 0.280. The fourth-order valence-corrected chi connectivity index (χ4v) is 5.35. The predicted octanol–water partition coefficient (Wildman–Crippen LogP) is 5.52. The number of amides is 1. The summed E-state index contributed by atoms with van der Waals surface area (Å²) in [5.74, 6) is 0.701. The molecule has 4 aromatic rings. The second-order valence-electron chi connectivity index (χ2n) is 7.80. The summed E-state index contributed by atoms with van der Waals surface area (Å²) in [5, 5.41) is 10.0. The van der Waals surface area contributed by atoms with Crippen molar-refractivity contribution < 1.29 is 18.7 Å². The molecule has 1 amide bonds. The lowest BCUT2D eigenvalue weighted by molar-refractivity contribution is 0.0970. The topological polar surface area (TPSA) is 94.8 Å². The minimum Gasteiger partial charge on any atom is -0.490 e. The van der Waals surface area contributed by atoms with Gasteiger partial charge in [0, 0.05) is 4.47 Å². The number of carbonyl (C=O) groups is 1. The first kappa shape index (κ1) is 23.5. The maximum Gasteiger partial charge on any atom is 0.297 e. The molecule has 2 aromatic heterocycles. The number of benzene rings is 2. The van der Waals surface area contributed by atoms with Crippen molar-refractivity contribution in [2.45, 2.75) is 33.2 Å². The summed E-state index contributed by atoms with van der Waals surface area (Å²) in [6, 6.07) is 9.82. The van der Waals surface area contributed by atoms with Gasteiger partial charge >= 0.3 is 0 Å². The van der Waals surface area contributed by atoms with E-state index in [1.807, 2.05) is 26.8 Å². The van der Waals surface area contributed by atoms with E-state index in [2.05, 4.69) is 26.1 Å². The molecule has 10 heteroatoms. The lowest BCUT2D eigenvalue weighted by Crippen LogP contribution is -2.29. The molecule has 35 heavy (non-hydrogen) atoms. The number of hydrogen-bond donors (Lipinski definition) is 0. The van der Waals surface area contributed by atoms with Gasteiger partial charge in [-0.05, 0) is 56.2 Å². The monoisotopic (exact) mass is 555 g/mol. The second kappa shape index (κ2) is 9.43. The minimum absolute atomic E-state index is 0.00918. The van der Waals surface area contributed by atoms with Gasteiger partial charge in [0.1, 0.15) is 10.6 Å². The lowest BCUT2D eigenvalue weighted by Gasteiger charge is -2.23. The number of aryl methyl sites for hydroxylation is 1. The van der Waals surface area contributed by atoms with Crippen LogP contribution in [0.15, 0.2) is 50.1 Å². The number of nitrogens with zero attached hydrogens (tertiary/aromatic N) is 3. The Labute approximate surface area is 213 Å². The van der Waals surface area contributed by atoms with Crippen molar-refractivity contribution in [3.63, 3.8) is 0 Å².